The van der Waals surface area contributed by atoms with Gasteiger partial charge in [-0.25, -0.2) is 9.59 Å². The Morgan fingerprint density at radius 2 is 2.06 bits per heavy atom. The van der Waals surface area contributed by atoms with E-state index in [9.17, 15) is 9.59 Å². The smallest absolute Gasteiger partial charge is 0.326 e. The van der Waals surface area contributed by atoms with Crippen molar-refractivity contribution >= 4 is 12.0 Å². The van der Waals surface area contributed by atoms with E-state index in [2.05, 4.69) is 5.32 Å². The topological polar surface area (TPSA) is 78.9 Å². The van der Waals surface area contributed by atoms with Crippen molar-refractivity contribution in [3.8, 4) is 0 Å². The second-order valence-corrected chi connectivity index (χ2v) is 4.93. The monoisotopic (exact) mass is 258 g/mol. The van der Waals surface area contributed by atoms with Crippen LogP contribution in [0.5, 0.6) is 0 Å². The summed E-state index contributed by atoms with van der Waals surface area (Å²) < 4.78 is 4.96. The number of rotatable bonds is 7. The van der Waals surface area contributed by atoms with Crippen LogP contribution >= 0.6 is 0 Å². The van der Waals surface area contributed by atoms with E-state index >= 15 is 0 Å². The highest BCUT2D eigenvalue weighted by Crippen LogP contribution is 2.26. The molecule has 0 heterocycles. The first-order valence-electron chi connectivity index (χ1n) is 6.26. The molecule has 18 heavy (non-hydrogen) atoms. The van der Waals surface area contributed by atoms with Gasteiger partial charge < -0.3 is 20.1 Å². The lowest BCUT2D eigenvalue weighted by atomic mass is 10.1. The van der Waals surface area contributed by atoms with E-state index in [0.29, 0.717) is 13.2 Å². The summed E-state index contributed by atoms with van der Waals surface area (Å²) in [5.74, 6) is -1.14. The van der Waals surface area contributed by atoms with Crippen LogP contribution in [0.4, 0.5) is 4.79 Å². The predicted molar refractivity (Wildman–Crippen MR) is 66.4 cm³/mol. The Bertz CT molecular complexity index is 302. The molecule has 0 aromatic heterocycles. The summed E-state index contributed by atoms with van der Waals surface area (Å²) in [7, 11) is 1.58. The summed E-state index contributed by atoms with van der Waals surface area (Å²) in [6, 6.07) is -0.918. The molecule has 2 amide bonds. The van der Waals surface area contributed by atoms with Crippen molar-refractivity contribution in [2.24, 2.45) is 5.92 Å². The third-order valence-corrected chi connectivity index (χ3v) is 3.00. The van der Waals surface area contributed by atoms with Gasteiger partial charge in [-0.2, -0.15) is 0 Å². The van der Waals surface area contributed by atoms with Gasteiger partial charge in [0.25, 0.3) is 0 Å². The van der Waals surface area contributed by atoms with E-state index in [1.165, 1.54) is 0 Å². The second-order valence-electron chi connectivity index (χ2n) is 4.93. The molecule has 1 rings (SSSR count). The zero-order valence-corrected chi connectivity index (χ0v) is 11.2. The minimum atomic E-state index is -0.999. The van der Waals surface area contributed by atoms with Crippen molar-refractivity contribution in [1.82, 2.24) is 10.2 Å². The van der Waals surface area contributed by atoms with Gasteiger partial charge in [-0.3, -0.25) is 0 Å². The molecule has 1 aliphatic rings. The molecule has 0 aliphatic heterocycles. The van der Waals surface area contributed by atoms with Crippen LogP contribution in [0, 0.1) is 5.92 Å². The third-order valence-electron chi connectivity index (χ3n) is 3.00. The number of amides is 2. The number of ether oxygens (including phenoxy) is 1. The highest BCUT2D eigenvalue weighted by Gasteiger charge is 2.34. The average Bonchev–Trinajstić information content (AvgIpc) is 3.09. The van der Waals surface area contributed by atoms with Gasteiger partial charge in [-0.05, 0) is 18.8 Å². The predicted octanol–water partition coefficient (Wildman–Crippen LogP) is 0.916. The number of carbonyl (C=O) groups is 2. The third kappa shape index (κ3) is 4.18. The fourth-order valence-electron chi connectivity index (χ4n) is 1.76. The Labute approximate surface area is 107 Å². The lowest BCUT2D eigenvalue weighted by Crippen LogP contribution is -2.51. The molecule has 1 unspecified atom stereocenters. The standard InChI is InChI=1S/C12H22N2O4/c1-8(2)10(11(15)16)13-12(17)14(6-7-18-3)9-4-5-9/h8-10H,4-7H2,1-3H3,(H,13,17)(H,15,16). The van der Waals surface area contributed by atoms with Gasteiger partial charge in [-0.15, -0.1) is 0 Å². The largest absolute Gasteiger partial charge is 0.480 e. The average molecular weight is 258 g/mol. The maximum atomic E-state index is 12.0. The van der Waals surface area contributed by atoms with E-state index in [1.807, 2.05) is 0 Å². The summed E-state index contributed by atoms with van der Waals surface area (Å²) in [5, 5.41) is 11.6. The van der Waals surface area contributed by atoms with Crippen LogP contribution in [0.25, 0.3) is 0 Å². The van der Waals surface area contributed by atoms with E-state index in [0.717, 1.165) is 12.8 Å². The van der Waals surface area contributed by atoms with Gasteiger partial charge in [-0.1, -0.05) is 13.8 Å². The zero-order valence-electron chi connectivity index (χ0n) is 11.2. The van der Waals surface area contributed by atoms with Crippen molar-refractivity contribution in [2.75, 3.05) is 20.3 Å². The highest BCUT2D eigenvalue weighted by molar-refractivity contribution is 5.83. The Balaban J connectivity index is 2.56. The first-order valence-corrected chi connectivity index (χ1v) is 6.26. The lowest BCUT2D eigenvalue weighted by Gasteiger charge is -2.26. The molecule has 0 aromatic carbocycles. The number of carbonyl (C=O) groups excluding carboxylic acids is 1. The molecular weight excluding hydrogens is 236 g/mol. The Kier molecular flexibility index (Phi) is 5.40. The van der Waals surface area contributed by atoms with E-state index in [4.69, 9.17) is 9.84 Å². The molecule has 6 nitrogen and oxygen atoms in total. The molecule has 0 saturated heterocycles. The lowest BCUT2D eigenvalue weighted by molar-refractivity contribution is -0.140. The number of hydrogen-bond acceptors (Lipinski definition) is 3. The molecule has 2 N–H and O–H groups in total. The van der Waals surface area contributed by atoms with Crippen molar-refractivity contribution in [1.29, 1.82) is 0 Å². The van der Waals surface area contributed by atoms with Gasteiger partial charge >= 0.3 is 12.0 Å². The normalized spacial score (nSPS) is 16.4. The maximum absolute atomic E-state index is 12.0. The molecule has 1 atom stereocenters. The van der Waals surface area contributed by atoms with E-state index in [1.54, 1.807) is 25.9 Å². The van der Waals surface area contributed by atoms with Crippen LogP contribution in [0.3, 0.4) is 0 Å². The van der Waals surface area contributed by atoms with Crippen molar-refractivity contribution in [3.63, 3.8) is 0 Å². The van der Waals surface area contributed by atoms with Crippen LogP contribution in [-0.4, -0.2) is 54.4 Å². The summed E-state index contributed by atoms with van der Waals surface area (Å²) in [6.07, 6.45) is 1.97. The van der Waals surface area contributed by atoms with Crippen molar-refractivity contribution in [3.05, 3.63) is 0 Å². The van der Waals surface area contributed by atoms with Gasteiger partial charge in [0.1, 0.15) is 6.04 Å². The van der Waals surface area contributed by atoms with Gasteiger partial charge in [0.15, 0.2) is 0 Å². The molecule has 1 fully saturated rings. The minimum absolute atomic E-state index is 0.144. The summed E-state index contributed by atoms with van der Waals surface area (Å²) in [6.45, 7) is 4.51. The maximum Gasteiger partial charge on any atom is 0.326 e. The molecule has 0 aromatic rings. The summed E-state index contributed by atoms with van der Waals surface area (Å²) in [5.41, 5.74) is 0. The SMILES string of the molecule is COCCN(C(=O)NC(C(=O)O)C(C)C)C1CC1. The second kappa shape index (κ2) is 6.58. The number of aliphatic carboxylic acids is 1. The molecule has 1 saturated carbocycles. The molecule has 0 spiro atoms. The zero-order chi connectivity index (χ0) is 13.7. The number of urea groups is 1. The number of carboxylic acid groups (broad SMARTS) is 1. The summed E-state index contributed by atoms with van der Waals surface area (Å²) >= 11 is 0. The molecule has 6 heteroatoms. The molecule has 0 bridgehead atoms. The number of carboxylic acids is 1. The highest BCUT2D eigenvalue weighted by atomic mass is 16.5. The van der Waals surface area contributed by atoms with Crippen LogP contribution in [-0.2, 0) is 9.53 Å². The Morgan fingerprint density at radius 3 is 2.44 bits per heavy atom. The van der Waals surface area contributed by atoms with Gasteiger partial charge in [0, 0.05) is 19.7 Å². The van der Waals surface area contributed by atoms with Gasteiger partial charge in [0.05, 0.1) is 6.61 Å². The number of hydrogen-bond donors (Lipinski definition) is 2. The van der Waals surface area contributed by atoms with Crippen LogP contribution in [0.15, 0.2) is 0 Å². The molecule has 104 valence electrons. The molecule has 1 aliphatic carbocycles. The quantitative estimate of drug-likeness (QED) is 0.711. The fourth-order valence-corrected chi connectivity index (χ4v) is 1.76. The van der Waals surface area contributed by atoms with Crippen molar-refractivity contribution in [2.45, 2.75) is 38.8 Å². The van der Waals surface area contributed by atoms with Gasteiger partial charge in [0.2, 0.25) is 0 Å². The number of nitrogens with zero attached hydrogens (tertiary/aromatic N) is 1. The van der Waals surface area contributed by atoms with Crippen LogP contribution in [0.1, 0.15) is 26.7 Å². The molecule has 0 radical (unpaired) electrons. The first-order chi connectivity index (χ1) is 8.47. The summed E-state index contributed by atoms with van der Waals surface area (Å²) in [4.78, 5) is 24.8. The minimum Gasteiger partial charge on any atom is -0.480 e. The fraction of sp³-hybridized carbons (Fsp3) is 0.833. The van der Waals surface area contributed by atoms with Crippen LogP contribution in [0.2, 0.25) is 0 Å². The number of nitrogens with one attached hydrogen (secondary N) is 1. The van der Waals surface area contributed by atoms with E-state index < -0.39 is 12.0 Å². The van der Waals surface area contributed by atoms with Crippen LogP contribution < -0.4 is 5.32 Å². The first kappa shape index (κ1) is 14.8. The Hall–Kier alpha value is -1.30. The molecular formula is C12H22N2O4. The Morgan fingerprint density at radius 1 is 1.44 bits per heavy atom. The number of methoxy groups -OCH3 is 1. The van der Waals surface area contributed by atoms with Crippen molar-refractivity contribution < 1.29 is 19.4 Å². The van der Waals surface area contributed by atoms with E-state index in [-0.39, 0.29) is 18.0 Å².